The Bertz CT molecular complexity index is 2910. The molecular formula is C53H75N13O24. The zero-order valence-corrected chi connectivity index (χ0v) is 49.4. The number of esters is 1. The first-order valence-corrected chi connectivity index (χ1v) is 27.7. The third kappa shape index (κ3) is 25.9. The van der Waals surface area contributed by atoms with E-state index in [-0.39, 0.29) is 24.1 Å². The zero-order valence-electron chi connectivity index (χ0n) is 49.4. The van der Waals surface area contributed by atoms with Crippen molar-refractivity contribution in [3.05, 3.63) is 29.8 Å². The lowest BCUT2D eigenvalue weighted by Gasteiger charge is -2.30. The van der Waals surface area contributed by atoms with Gasteiger partial charge in [0.1, 0.15) is 60.5 Å². The van der Waals surface area contributed by atoms with Crippen LogP contribution >= 0.6 is 0 Å². The van der Waals surface area contributed by atoms with E-state index in [9.17, 15) is 112 Å². The fourth-order valence-corrected chi connectivity index (χ4v) is 8.34. The van der Waals surface area contributed by atoms with Crippen LogP contribution in [0, 0.1) is 11.8 Å². The number of aliphatic hydroxyl groups excluding tert-OH is 1. The predicted octanol–water partition coefficient (Wildman–Crippen LogP) is -7.37. The van der Waals surface area contributed by atoms with Crippen molar-refractivity contribution in [3.63, 3.8) is 0 Å². The number of ether oxygens (including phenoxy) is 1. The number of para-hydroxylation sites is 1. The number of primary amides is 1. The standard InChI is InChI=1S/C53H75N13O24/c1-6-7-12-28-47(83)63-30(17-40(76)77)48(84)58-24(4)45(81)62-29(16-39(74)75)46(82)56-19-37(71)60-33(21-67)50(86)65-42(22(2)14-38(72)73)52(88)64-32(15-34(68)26-10-8-9-11-27(26)54)53(89)90-25(5)43(51(87)57-20-36(70)59-28)66-49(85)31(18-41(78)79)61-44(80)23(3)13-35(55)69/h8-11,22-25,28-33,42-43,67H,6-7,12-21,54H2,1-5H3,(H2,55,69)(H,56,82)(H,57,87)(H,58,84)(H,59,70)(H,60,71)(H,61,80)(H,62,81)(H,63,83)(H,64,88)(H,65,86)(H,66,85)(H,72,73)(H,74,75)(H,76,77)(H,78,79)/t22?,23-,24?,25?,28?,29?,30?,31?,32?,33?,42?,43?/m0/s1. The van der Waals surface area contributed by atoms with Gasteiger partial charge in [-0.05, 0) is 38.3 Å². The number of anilines is 1. The quantitative estimate of drug-likeness (QED) is 0.0291. The summed E-state index contributed by atoms with van der Waals surface area (Å²) in [5, 5.41) is 72.1. The second-order valence-electron chi connectivity index (χ2n) is 20.7. The summed E-state index contributed by atoms with van der Waals surface area (Å²) >= 11 is 0. The number of aliphatic hydroxyl groups is 1. The number of carbonyl (C=O) groups excluding carboxylic acids is 14. The number of hydrogen-bond donors (Lipinski definition) is 18. The molecule has 1 aromatic rings. The number of benzene rings is 1. The number of carboxylic acid groups (broad SMARTS) is 4. The fraction of sp³-hybridized carbons (Fsp3) is 0.547. The average molecular weight is 1280 g/mol. The van der Waals surface area contributed by atoms with Gasteiger partial charge in [0.25, 0.3) is 0 Å². The van der Waals surface area contributed by atoms with E-state index in [4.69, 9.17) is 16.2 Å². The number of hydrogen-bond acceptors (Lipinski definition) is 21. The van der Waals surface area contributed by atoms with Crippen LogP contribution in [0.3, 0.4) is 0 Å². The topological polar surface area (TPSA) is 602 Å². The first-order valence-electron chi connectivity index (χ1n) is 27.7. The molecular weight excluding hydrogens is 1200 g/mol. The van der Waals surface area contributed by atoms with E-state index < -0.39 is 237 Å². The minimum Gasteiger partial charge on any atom is -0.481 e. The highest BCUT2D eigenvalue weighted by molar-refractivity contribution is 6.04. The second-order valence-corrected chi connectivity index (χ2v) is 20.7. The number of nitrogen functional groups attached to an aromatic ring is 1. The largest absolute Gasteiger partial charge is 0.481 e. The number of rotatable bonds is 22. The maximum Gasteiger partial charge on any atom is 0.329 e. The van der Waals surface area contributed by atoms with Crippen LogP contribution in [0.15, 0.2) is 24.3 Å². The van der Waals surface area contributed by atoms with Crippen LogP contribution in [-0.4, -0.2) is 212 Å². The summed E-state index contributed by atoms with van der Waals surface area (Å²) in [6, 6.07) is -12.9. The molecule has 0 spiro atoms. The third-order valence-corrected chi connectivity index (χ3v) is 13.2. The number of aliphatic carboxylic acids is 4. The van der Waals surface area contributed by atoms with Crippen molar-refractivity contribution in [1.29, 1.82) is 0 Å². The van der Waals surface area contributed by atoms with E-state index in [1.165, 1.54) is 31.2 Å². The summed E-state index contributed by atoms with van der Waals surface area (Å²) < 4.78 is 5.57. The summed E-state index contributed by atoms with van der Waals surface area (Å²) in [4.78, 5) is 238. The highest BCUT2D eigenvalue weighted by atomic mass is 16.5. The van der Waals surface area contributed by atoms with E-state index in [1.807, 2.05) is 16.0 Å². The number of carboxylic acids is 4. The predicted molar refractivity (Wildman–Crippen MR) is 302 cm³/mol. The van der Waals surface area contributed by atoms with Gasteiger partial charge in [-0.2, -0.15) is 0 Å². The summed E-state index contributed by atoms with van der Waals surface area (Å²) in [7, 11) is 0. The van der Waals surface area contributed by atoms with Crippen molar-refractivity contribution in [2.45, 2.75) is 153 Å². The summed E-state index contributed by atoms with van der Waals surface area (Å²) in [6.45, 7) is 2.36. The molecule has 0 aromatic heterocycles. The molecule has 20 N–H and O–H groups in total. The molecule has 1 aromatic carbocycles. The van der Waals surface area contributed by atoms with Gasteiger partial charge in [0.2, 0.25) is 70.9 Å². The Kier molecular flexibility index (Phi) is 30.9. The molecule has 12 atom stereocenters. The normalized spacial score (nSPS) is 23.5. The van der Waals surface area contributed by atoms with Crippen molar-refractivity contribution < 1.29 is 117 Å². The molecule has 2 rings (SSSR count). The van der Waals surface area contributed by atoms with Crippen LogP contribution in [0.5, 0.6) is 0 Å². The monoisotopic (exact) mass is 1280 g/mol. The van der Waals surface area contributed by atoms with Gasteiger partial charge in [0, 0.05) is 30.0 Å². The molecule has 1 fully saturated rings. The Morgan fingerprint density at radius 2 is 1.12 bits per heavy atom. The maximum atomic E-state index is 14.5. The lowest BCUT2D eigenvalue weighted by atomic mass is 9.96. The van der Waals surface area contributed by atoms with Gasteiger partial charge in [-0.15, -0.1) is 0 Å². The number of cyclic esters (lactones) is 1. The minimum atomic E-state index is -2.28. The van der Waals surface area contributed by atoms with Gasteiger partial charge in [-0.25, -0.2) is 4.79 Å². The van der Waals surface area contributed by atoms with Crippen molar-refractivity contribution in [3.8, 4) is 0 Å². The van der Waals surface area contributed by atoms with Gasteiger partial charge in [-0.1, -0.05) is 45.7 Å². The number of amides is 12. The van der Waals surface area contributed by atoms with E-state index >= 15 is 0 Å². The van der Waals surface area contributed by atoms with Crippen LogP contribution in [0.4, 0.5) is 5.69 Å². The van der Waals surface area contributed by atoms with Gasteiger partial charge in [0.05, 0.1) is 45.4 Å². The van der Waals surface area contributed by atoms with E-state index in [2.05, 4.69) is 42.5 Å². The van der Waals surface area contributed by atoms with Gasteiger partial charge >= 0.3 is 29.8 Å². The van der Waals surface area contributed by atoms with Crippen LogP contribution in [-0.2, 0) is 86.2 Å². The minimum absolute atomic E-state index is 0.153. The second kappa shape index (κ2) is 36.7. The van der Waals surface area contributed by atoms with Crippen LogP contribution < -0.4 is 70.0 Å². The molecule has 37 nitrogen and oxygen atoms in total. The van der Waals surface area contributed by atoms with Gasteiger partial charge in [-0.3, -0.25) is 81.5 Å². The molecule has 1 heterocycles. The van der Waals surface area contributed by atoms with Crippen molar-refractivity contribution >= 4 is 112 Å². The first kappa shape index (κ1) is 75.7. The smallest absolute Gasteiger partial charge is 0.329 e. The fourth-order valence-electron chi connectivity index (χ4n) is 8.34. The lowest BCUT2D eigenvalue weighted by Crippen LogP contribution is -2.61. The van der Waals surface area contributed by atoms with Gasteiger partial charge < -0.3 is 100 Å². The number of nitrogens with two attached hydrogens (primary N) is 2. The number of carbonyl (C=O) groups is 18. The third-order valence-electron chi connectivity index (χ3n) is 13.2. The Balaban J connectivity index is 2.93. The highest BCUT2D eigenvalue weighted by Crippen LogP contribution is 2.18. The molecule has 11 unspecified atom stereocenters. The van der Waals surface area contributed by atoms with Crippen molar-refractivity contribution in [2.75, 3.05) is 25.4 Å². The van der Waals surface area contributed by atoms with Crippen molar-refractivity contribution in [2.24, 2.45) is 17.6 Å². The Hall–Kier alpha value is -10.4. The molecule has 496 valence electrons. The molecule has 1 saturated heterocycles. The first-order chi connectivity index (χ1) is 42.1. The van der Waals surface area contributed by atoms with E-state index in [0.717, 1.165) is 20.8 Å². The highest BCUT2D eigenvalue weighted by Gasteiger charge is 2.40. The van der Waals surface area contributed by atoms with Crippen molar-refractivity contribution in [1.82, 2.24) is 58.5 Å². The molecule has 1 aliphatic heterocycles. The molecule has 0 bridgehead atoms. The van der Waals surface area contributed by atoms with Gasteiger partial charge in [0.15, 0.2) is 5.78 Å². The number of Topliss-reactive ketones (excluding diaryl/α,β-unsaturated/α-hetero) is 1. The van der Waals surface area contributed by atoms with E-state index in [1.54, 1.807) is 6.92 Å². The number of nitrogens with one attached hydrogen (secondary N) is 11. The Labute approximate surface area is 511 Å². The average Bonchev–Trinajstić information content (AvgIpc) is 1.15. The van der Waals surface area contributed by atoms with Crippen LogP contribution in [0.2, 0.25) is 0 Å². The molecule has 37 heteroatoms. The molecule has 90 heavy (non-hydrogen) atoms. The van der Waals surface area contributed by atoms with Crippen LogP contribution in [0.1, 0.15) is 103 Å². The molecule has 0 aliphatic carbocycles. The summed E-state index contributed by atoms with van der Waals surface area (Å²) in [6.07, 6.45) is -7.86. The molecule has 1 aliphatic rings. The summed E-state index contributed by atoms with van der Waals surface area (Å²) in [5.74, 6) is -27.6. The maximum absolute atomic E-state index is 14.5. The Morgan fingerprint density at radius 1 is 0.600 bits per heavy atom. The molecule has 12 amide bonds. The zero-order chi connectivity index (χ0) is 68.3. The molecule has 0 saturated carbocycles. The lowest BCUT2D eigenvalue weighted by molar-refractivity contribution is -0.156. The summed E-state index contributed by atoms with van der Waals surface area (Å²) in [5.41, 5.74) is 10.8. The number of ketones is 1. The molecule has 0 radical (unpaired) electrons. The van der Waals surface area contributed by atoms with E-state index in [0.29, 0.717) is 6.42 Å². The number of unbranched alkanes of at least 4 members (excludes halogenated alkanes) is 1. The SMILES string of the molecule is CCCCC1NC(=O)CNC(=O)C(NC(=O)C(CC(=O)O)NC(=O)[C@@H](C)CC(N)=O)C(C)OC(=O)C(CC(=O)c2ccccc2N)NC(=O)C(C(C)CC(=O)O)NC(=O)C(CO)NC(=O)CNC(=O)C(CC(=O)O)NC(=O)C(C)NC(=O)C(CC(=O)O)NC1=O. The van der Waals surface area contributed by atoms with Crippen LogP contribution in [0.25, 0.3) is 0 Å². The Morgan fingerprint density at radius 3 is 1.67 bits per heavy atom.